The predicted molar refractivity (Wildman–Crippen MR) is 104 cm³/mol. The molecule has 8 heteroatoms. The topological polar surface area (TPSA) is 0 Å². The molecule has 0 N–H and O–H groups in total. The molecule has 1 fully saturated rings. The highest BCUT2D eigenvalue weighted by Crippen LogP contribution is 2.35. The quantitative estimate of drug-likeness (QED) is 0.372. The van der Waals surface area contributed by atoms with Crippen molar-refractivity contribution in [1.29, 1.82) is 0 Å². The Labute approximate surface area is 171 Å². The van der Waals surface area contributed by atoms with Gasteiger partial charge in [-0.25, -0.2) is 8.78 Å². The average Bonchev–Trinajstić information content (AvgIpc) is 2.56. The second kappa shape index (κ2) is 15.3. The van der Waals surface area contributed by atoms with Gasteiger partial charge >= 0.3 is 12.4 Å². The second-order valence-electron chi connectivity index (χ2n) is 8.39. The Morgan fingerprint density at radius 1 is 0.759 bits per heavy atom. The molecule has 0 bridgehead atoms. The van der Waals surface area contributed by atoms with Crippen LogP contribution in [0.1, 0.15) is 93.9 Å². The summed E-state index contributed by atoms with van der Waals surface area (Å²) in [5.74, 6) is -3.29. The monoisotopic (exact) mass is 444 g/mol. The molecule has 0 aromatic rings. The van der Waals surface area contributed by atoms with Gasteiger partial charge in [-0.2, -0.15) is 26.3 Å². The van der Waals surface area contributed by atoms with Crippen molar-refractivity contribution >= 4 is 0 Å². The van der Waals surface area contributed by atoms with Crippen molar-refractivity contribution in [3.63, 3.8) is 0 Å². The van der Waals surface area contributed by atoms with Gasteiger partial charge in [-0.05, 0) is 31.1 Å². The molecule has 1 aliphatic rings. The van der Waals surface area contributed by atoms with E-state index in [-0.39, 0.29) is 19.3 Å². The number of rotatable bonds is 2. The lowest BCUT2D eigenvalue weighted by Crippen LogP contribution is -2.23. The Bertz CT molecular complexity index is 360. The molecule has 0 radical (unpaired) electrons. The molecular formula is C21H40F8. The smallest absolute Gasteiger partial charge is 0.207 e. The largest absolute Gasteiger partial charge is 0.391 e. The maximum Gasteiger partial charge on any atom is 0.391 e. The van der Waals surface area contributed by atoms with E-state index in [0.717, 1.165) is 19.8 Å². The van der Waals surface area contributed by atoms with Crippen molar-refractivity contribution < 1.29 is 35.1 Å². The van der Waals surface area contributed by atoms with Crippen LogP contribution in [0.5, 0.6) is 0 Å². The van der Waals surface area contributed by atoms with Crippen LogP contribution in [-0.4, -0.2) is 18.3 Å². The van der Waals surface area contributed by atoms with Crippen LogP contribution in [0.25, 0.3) is 0 Å². The van der Waals surface area contributed by atoms with Crippen LogP contribution in [0.4, 0.5) is 35.1 Å². The SMILES string of the molecule is CC(C)C(F)(F)F.CC1CCC(F)(F)CC1.CCC(C)C.CCC(C)C(F)(F)F. The van der Waals surface area contributed by atoms with Crippen LogP contribution in [0, 0.1) is 23.7 Å². The first kappa shape index (κ1) is 33.1. The summed E-state index contributed by atoms with van der Waals surface area (Å²) in [6.07, 6.45) is -4.90. The molecular weight excluding hydrogens is 404 g/mol. The zero-order chi connectivity index (χ0) is 24.1. The van der Waals surface area contributed by atoms with Crippen LogP contribution in [0.15, 0.2) is 0 Å². The lowest BCUT2D eigenvalue weighted by molar-refractivity contribution is -0.170. The number of alkyl halides is 8. The molecule has 0 amide bonds. The summed E-state index contributed by atoms with van der Waals surface area (Å²) in [6.45, 7) is 13.6. The molecule has 0 aromatic carbocycles. The highest BCUT2D eigenvalue weighted by molar-refractivity contribution is 4.74. The van der Waals surface area contributed by atoms with Crippen LogP contribution >= 0.6 is 0 Å². The normalized spacial score (nSPS) is 18.0. The number of hydrogen-bond donors (Lipinski definition) is 0. The lowest BCUT2D eigenvalue weighted by Gasteiger charge is -2.25. The fourth-order valence-electron chi connectivity index (χ4n) is 1.42. The Hall–Kier alpha value is -0.560. The predicted octanol–water partition coefficient (Wildman–Crippen LogP) is 9.68. The summed E-state index contributed by atoms with van der Waals surface area (Å²) in [6, 6.07) is 0. The van der Waals surface area contributed by atoms with Gasteiger partial charge in [-0.3, -0.25) is 0 Å². The molecule has 0 nitrogen and oxygen atoms in total. The molecule has 180 valence electrons. The zero-order valence-corrected chi connectivity index (χ0v) is 19.1. The van der Waals surface area contributed by atoms with E-state index in [9.17, 15) is 35.1 Å². The van der Waals surface area contributed by atoms with Crippen molar-refractivity contribution in [3.8, 4) is 0 Å². The number of halogens is 8. The third-order valence-electron chi connectivity index (χ3n) is 4.65. The van der Waals surface area contributed by atoms with Crippen LogP contribution in [-0.2, 0) is 0 Å². The molecule has 1 rings (SSSR count). The van der Waals surface area contributed by atoms with Crippen molar-refractivity contribution in [2.24, 2.45) is 23.7 Å². The van der Waals surface area contributed by atoms with E-state index < -0.39 is 30.1 Å². The van der Waals surface area contributed by atoms with Gasteiger partial charge in [0.2, 0.25) is 5.92 Å². The van der Waals surface area contributed by atoms with Crippen molar-refractivity contribution in [3.05, 3.63) is 0 Å². The van der Waals surface area contributed by atoms with E-state index in [1.54, 1.807) is 0 Å². The molecule has 0 saturated heterocycles. The second-order valence-corrected chi connectivity index (χ2v) is 8.39. The minimum Gasteiger partial charge on any atom is -0.207 e. The average molecular weight is 445 g/mol. The minimum absolute atomic E-state index is 0.105. The highest BCUT2D eigenvalue weighted by atomic mass is 19.4. The van der Waals surface area contributed by atoms with E-state index in [2.05, 4.69) is 20.8 Å². The van der Waals surface area contributed by atoms with Crippen molar-refractivity contribution in [2.75, 3.05) is 0 Å². The molecule has 0 aliphatic heterocycles. The Balaban J connectivity index is -0.000000318. The van der Waals surface area contributed by atoms with Crippen molar-refractivity contribution in [2.45, 2.75) is 112 Å². The molecule has 1 saturated carbocycles. The van der Waals surface area contributed by atoms with Gasteiger partial charge in [0, 0.05) is 18.8 Å². The third kappa shape index (κ3) is 23.6. The Kier molecular flexibility index (Phi) is 17.4. The molecule has 29 heavy (non-hydrogen) atoms. The standard InChI is InChI=1S/C7H12F2.C5H9F3.C5H12.C4H7F3/c1-6-2-4-7(8,9)5-3-6;1-3-4(2)5(6,7)8;1-4-5(2)3;1-3(2)4(5,6)7/h6H,2-5H2,1H3;4H,3H2,1-2H3;5H,4H2,1-3H3;3H,1-2H3. The van der Waals surface area contributed by atoms with Gasteiger partial charge in [-0.1, -0.05) is 61.8 Å². The molecule has 0 aromatic heterocycles. The summed E-state index contributed by atoms with van der Waals surface area (Å²) in [4.78, 5) is 0. The Morgan fingerprint density at radius 3 is 1.17 bits per heavy atom. The molecule has 1 aliphatic carbocycles. The summed E-state index contributed by atoms with van der Waals surface area (Å²) < 4.78 is 92.6. The highest BCUT2D eigenvalue weighted by Gasteiger charge is 2.34. The van der Waals surface area contributed by atoms with Gasteiger partial charge in [0.05, 0.1) is 5.92 Å². The van der Waals surface area contributed by atoms with E-state index in [1.165, 1.54) is 20.3 Å². The fourth-order valence-corrected chi connectivity index (χ4v) is 1.42. The maximum atomic E-state index is 12.4. The minimum atomic E-state index is -4.00. The van der Waals surface area contributed by atoms with Gasteiger partial charge in [-0.15, -0.1) is 0 Å². The third-order valence-corrected chi connectivity index (χ3v) is 4.65. The molecule has 1 atom stereocenters. The summed E-state index contributed by atoms with van der Waals surface area (Å²) >= 11 is 0. The first-order valence-corrected chi connectivity index (χ1v) is 10.3. The first-order valence-electron chi connectivity index (χ1n) is 10.3. The van der Waals surface area contributed by atoms with Crippen LogP contribution in [0.3, 0.4) is 0 Å². The van der Waals surface area contributed by atoms with Crippen LogP contribution in [0.2, 0.25) is 0 Å². The molecule has 1 unspecified atom stereocenters. The van der Waals surface area contributed by atoms with E-state index in [0.29, 0.717) is 18.8 Å². The van der Waals surface area contributed by atoms with E-state index >= 15 is 0 Å². The van der Waals surface area contributed by atoms with Gasteiger partial charge in [0.25, 0.3) is 0 Å². The lowest BCUT2D eigenvalue weighted by atomic mass is 9.88. The van der Waals surface area contributed by atoms with Gasteiger partial charge in [0.15, 0.2) is 0 Å². The number of hydrogen-bond acceptors (Lipinski definition) is 0. The van der Waals surface area contributed by atoms with Gasteiger partial charge < -0.3 is 0 Å². The molecule has 0 heterocycles. The Morgan fingerprint density at radius 2 is 1.07 bits per heavy atom. The van der Waals surface area contributed by atoms with Crippen LogP contribution < -0.4 is 0 Å². The van der Waals surface area contributed by atoms with E-state index in [1.807, 2.05) is 6.92 Å². The maximum absolute atomic E-state index is 12.4. The van der Waals surface area contributed by atoms with E-state index in [4.69, 9.17) is 0 Å². The van der Waals surface area contributed by atoms with Gasteiger partial charge in [0.1, 0.15) is 0 Å². The summed E-state index contributed by atoms with van der Waals surface area (Å²) in [7, 11) is 0. The molecule has 0 spiro atoms. The van der Waals surface area contributed by atoms with Crippen molar-refractivity contribution in [1.82, 2.24) is 0 Å². The summed E-state index contributed by atoms with van der Waals surface area (Å²) in [5.41, 5.74) is 0. The summed E-state index contributed by atoms with van der Waals surface area (Å²) in [5, 5.41) is 0. The zero-order valence-electron chi connectivity index (χ0n) is 19.1. The first-order chi connectivity index (χ1) is 12.8. The fraction of sp³-hybridized carbons (Fsp3) is 1.00.